The van der Waals surface area contributed by atoms with Crippen LogP contribution in [0, 0.1) is 12.8 Å². The summed E-state index contributed by atoms with van der Waals surface area (Å²) in [5.74, 6) is 0.325. The molecule has 2 unspecified atom stereocenters. The lowest BCUT2D eigenvalue weighted by Gasteiger charge is -2.26. The summed E-state index contributed by atoms with van der Waals surface area (Å²) in [6.07, 6.45) is 1.10. The van der Waals surface area contributed by atoms with E-state index in [-0.39, 0.29) is 30.2 Å². The van der Waals surface area contributed by atoms with Gasteiger partial charge >= 0.3 is 0 Å². The average molecular weight is 364 g/mol. The van der Waals surface area contributed by atoms with Crippen LogP contribution in [-0.4, -0.2) is 31.5 Å². The van der Waals surface area contributed by atoms with Gasteiger partial charge in [-0.05, 0) is 49.6 Å². The van der Waals surface area contributed by atoms with Gasteiger partial charge in [0.1, 0.15) is 5.75 Å². The fourth-order valence-electron chi connectivity index (χ4n) is 4.21. The van der Waals surface area contributed by atoms with Gasteiger partial charge in [-0.1, -0.05) is 24.3 Å². The summed E-state index contributed by atoms with van der Waals surface area (Å²) in [4.78, 5) is 29.6. The summed E-state index contributed by atoms with van der Waals surface area (Å²) in [5, 5.41) is 0. The number of nitrogens with zero attached hydrogens (tertiary/aromatic N) is 2. The Balaban J connectivity index is 1.60. The highest BCUT2D eigenvalue weighted by molar-refractivity contribution is 6.06. The van der Waals surface area contributed by atoms with Crippen LogP contribution in [0.2, 0.25) is 0 Å². The van der Waals surface area contributed by atoms with Crippen molar-refractivity contribution >= 4 is 23.2 Å². The van der Waals surface area contributed by atoms with E-state index in [2.05, 4.69) is 13.0 Å². The standard InChI is InChI=1S/C22H24N2O3/c1-14-8-9-20(27-3)19(10-14)23-13-17(12-21(23)25)22(26)24-15(2)11-16-6-4-5-7-18(16)24/h4-10,15,17H,11-13H2,1-3H3. The van der Waals surface area contributed by atoms with Crippen LogP contribution in [-0.2, 0) is 16.0 Å². The normalized spacial score (nSPS) is 21.5. The number of benzene rings is 2. The summed E-state index contributed by atoms with van der Waals surface area (Å²) in [6, 6.07) is 13.9. The van der Waals surface area contributed by atoms with Gasteiger partial charge in [0, 0.05) is 24.7 Å². The van der Waals surface area contributed by atoms with E-state index >= 15 is 0 Å². The largest absolute Gasteiger partial charge is 0.495 e. The predicted molar refractivity (Wildman–Crippen MR) is 105 cm³/mol. The Labute approximate surface area is 159 Å². The van der Waals surface area contributed by atoms with Crippen LogP contribution in [0.3, 0.4) is 0 Å². The molecule has 0 aliphatic carbocycles. The van der Waals surface area contributed by atoms with Gasteiger partial charge in [-0.2, -0.15) is 0 Å². The average Bonchev–Trinajstić information content (AvgIpc) is 3.20. The number of anilines is 2. The van der Waals surface area contributed by atoms with Gasteiger partial charge in [-0.25, -0.2) is 0 Å². The zero-order valence-electron chi connectivity index (χ0n) is 15.9. The van der Waals surface area contributed by atoms with Crippen molar-refractivity contribution in [2.75, 3.05) is 23.5 Å². The van der Waals surface area contributed by atoms with E-state index in [1.54, 1.807) is 12.0 Å². The van der Waals surface area contributed by atoms with Crippen LogP contribution >= 0.6 is 0 Å². The van der Waals surface area contributed by atoms with Gasteiger partial charge in [0.25, 0.3) is 0 Å². The fraction of sp³-hybridized carbons (Fsp3) is 0.364. The van der Waals surface area contributed by atoms with E-state index in [4.69, 9.17) is 4.74 Å². The number of hydrogen-bond acceptors (Lipinski definition) is 3. The van der Waals surface area contributed by atoms with E-state index in [9.17, 15) is 9.59 Å². The molecule has 2 aromatic rings. The number of ether oxygens (including phenoxy) is 1. The number of amides is 2. The molecule has 2 aliphatic rings. The molecule has 5 nitrogen and oxygen atoms in total. The molecule has 2 aliphatic heterocycles. The first kappa shape index (κ1) is 17.6. The molecule has 5 heteroatoms. The molecule has 2 aromatic carbocycles. The molecule has 0 bridgehead atoms. The van der Waals surface area contributed by atoms with Crippen molar-refractivity contribution in [3.05, 3.63) is 53.6 Å². The minimum atomic E-state index is -0.337. The maximum absolute atomic E-state index is 13.3. The maximum atomic E-state index is 13.3. The van der Waals surface area contributed by atoms with Crippen molar-refractivity contribution in [1.29, 1.82) is 0 Å². The predicted octanol–water partition coefficient (Wildman–Crippen LogP) is 3.33. The van der Waals surface area contributed by atoms with Crippen molar-refractivity contribution in [3.8, 4) is 5.75 Å². The second-order valence-corrected chi connectivity index (χ2v) is 7.47. The molecule has 2 atom stereocenters. The van der Waals surface area contributed by atoms with E-state index in [0.717, 1.165) is 23.4 Å². The zero-order chi connectivity index (χ0) is 19.1. The number of methoxy groups -OCH3 is 1. The lowest BCUT2D eigenvalue weighted by Crippen LogP contribution is -2.41. The van der Waals surface area contributed by atoms with Crippen molar-refractivity contribution in [2.24, 2.45) is 5.92 Å². The Bertz CT molecular complexity index is 908. The first-order valence-corrected chi connectivity index (χ1v) is 9.35. The second-order valence-electron chi connectivity index (χ2n) is 7.47. The number of hydrogen-bond donors (Lipinski definition) is 0. The maximum Gasteiger partial charge on any atom is 0.232 e. The number of fused-ring (bicyclic) bond motifs is 1. The smallest absolute Gasteiger partial charge is 0.232 e. The van der Waals surface area contributed by atoms with E-state index in [1.165, 1.54) is 5.56 Å². The van der Waals surface area contributed by atoms with E-state index in [0.29, 0.717) is 12.3 Å². The van der Waals surface area contributed by atoms with Crippen LogP contribution in [0.25, 0.3) is 0 Å². The van der Waals surface area contributed by atoms with Gasteiger partial charge in [-0.3, -0.25) is 9.59 Å². The number of para-hydroxylation sites is 1. The lowest BCUT2D eigenvalue weighted by molar-refractivity contribution is -0.124. The summed E-state index contributed by atoms with van der Waals surface area (Å²) >= 11 is 0. The lowest BCUT2D eigenvalue weighted by atomic mass is 10.1. The minimum Gasteiger partial charge on any atom is -0.495 e. The van der Waals surface area contributed by atoms with Crippen molar-refractivity contribution in [3.63, 3.8) is 0 Å². The Morgan fingerprint density at radius 2 is 1.89 bits per heavy atom. The van der Waals surface area contributed by atoms with Gasteiger partial charge in [0.05, 0.1) is 18.7 Å². The Kier molecular flexibility index (Phi) is 4.38. The fourth-order valence-corrected chi connectivity index (χ4v) is 4.21. The van der Waals surface area contributed by atoms with E-state index in [1.807, 2.05) is 48.2 Å². The van der Waals surface area contributed by atoms with E-state index < -0.39 is 0 Å². The number of rotatable bonds is 3. The van der Waals surface area contributed by atoms with Crippen molar-refractivity contribution in [2.45, 2.75) is 32.7 Å². The summed E-state index contributed by atoms with van der Waals surface area (Å²) in [6.45, 7) is 4.44. The first-order valence-electron chi connectivity index (χ1n) is 9.35. The highest BCUT2D eigenvalue weighted by atomic mass is 16.5. The quantitative estimate of drug-likeness (QED) is 0.839. The number of aryl methyl sites for hydroxylation is 1. The highest BCUT2D eigenvalue weighted by Gasteiger charge is 2.41. The summed E-state index contributed by atoms with van der Waals surface area (Å²) in [7, 11) is 1.60. The number of carbonyl (C=O) groups is 2. The van der Waals surface area contributed by atoms with Gasteiger partial charge in [-0.15, -0.1) is 0 Å². The zero-order valence-corrected chi connectivity index (χ0v) is 15.9. The third-order valence-electron chi connectivity index (χ3n) is 5.54. The molecular weight excluding hydrogens is 340 g/mol. The molecule has 1 saturated heterocycles. The molecule has 1 fully saturated rings. The molecule has 0 spiro atoms. The van der Waals surface area contributed by atoms with Crippen LogP contribution in [0.15, 0.2) is 42.5 Å². The Morgan fingerprint density at radius 1 is 1.11 bits per heavy atom. The molecule has 0 saturated carbocycles. The molecule has 0 aromatic heterocycles. The SMILES string of the molecule is COc1ccc(C)cc1N1CC(C(=O)N2c3ccccc3CC2C)CC1=O. The molecule has 2 amide bonds. The second kappa shape index (κ2) is 6.72. The topological polar surface area (TPSA) is 49.9 Å². The van der Waals surface area contributed by atoms with Crippen LogP contribution in [0.5, 0.6) is 5.75 Å². The first-order chi connectivity index (χ1) is 13.0. The van der Waals surface area contributed by atoms with Crippen LogP contribution in [0.1, 0.15) is 24.5 Å². The van der Waals surface area contributed by atoms with Crippen LogP contribution in [0.4, 0.5) is 11.4 Å². The van der Waals surface area contributed by atoms with Gasteiger partial charge in [0.15, 0.2) is 0 Å². The van der Waals surface area contributed by atoms with Crippen molar-refractivity contribution < 1.29 is 14.3 Å². The molecule has 2 heterocycles. The monoisotopic (exact) mass is 364 g/mol. The Morgan fingerprint density at radius 3 is 2.67 bits per heavy atom. The molecule has 4 rings (SSSR count). The third kappa shape index (κ3) is 2.97. The molecule has 140 valence electrons. The van der Waals surface area contributed by atoms with Crippen molar-refractivity contribution in [1.82, 2.24) is 0 Å². The Hall–Kier alpha value is -2.82. The molecule has 0 radical (unpaired) electrons. The third-order valence-corrected chi connectivity index (χ3v) is 5.54. The van der Waals surface area contributed by atoms with Crippen LogP contribution < -0.4 is 14.5 Å². The summed E-state index contributed by atoms with van der Waals surface area (Å²) in [5.41, 5.74) is 3.97. The molecule has 27 heavy (non-hydrogen) atoms. The minimum absolute atomic E-state index is 0.0302. The molecule has 0 N–H and O–H groups in total. The van der Waals surface area contributed by atoms with Gasteiger partial charge in [0.2, 0.25) is 11.8 Å². The highest BCUT2D eigenvalue weighted by Crippen LogP contribution is 2.37. The number of carbonyl (C=O) groups excluding carboxylic acids is 2. The summed E-state index contributed by atoms with van der Waals surface area (Å²) < 4.78 is 5.43. The van der Waals surface area contributed by atoms with Gasteiger partial charge < -0.3 is 14.5 Å². The molecular formula is C22H24N2O3.